The fourth-order valence-electron chi connectivity index (χ4n) is 0.759. The summed E-state index contributed by atoms with van der Waals surface area (Å²) < 4.78 is 0. The highest BCUT2D eigenvalue weighted by atomic mass is 32.2. The van der Waals surface area contributed by atoms with Gasteiger partial charge >= 0.3 is 0 Å². The summed E-state index contributed by atoms with van der Waals surface area (Å²) in [5.74, 6) is 1.10. The summed E-state index contributed by atoms with van der Waals surface area (Å²) in [6, 6.07) is 0. The molecule has 0 bridgehead atoms. The molecule has 0 aromatic carbocycles. The van der Waals surface area contributed by atoms with Crippen molar-refractivity contribution < 1.29 is 0 Å². The second-order valence-corrected chi connectivity index (χ2v) is 2.81. The Hall–Kier alpha value is -0.370. The van der Waals surface area contributed by atoms with Gasteiger partial charge in [0.25, 0.3) is 0 Å². The molecule has 0 fully saturated rings. The second kappa shape index (κ2) is 3.62. The van der Waals surface area contributed by atoms with Crippen LogP contribution in [0, 0.1) is 0 Å². The Morgan fingerprint density at radius 2 is 2.67 bits per heavy atom. The molecular weight excluding hydrogens is 130 g/mol. The molecular formula is C7H11NS. The largest absolute Gasteiger partial charge is 0.365 e. The zero-order valence-electron chi connectivity index (χ0n) is 5.55. The molecule has 50 valence electrons. The molecule has 0 unspecified atom stereocenters. The minimum absolute atomic E-state index is 1.09. The monoisotopic (exact) mass is 141 g/mol. The summed E-state index contributed by atoms with van der Waals surface area (Å²) >= 11 is 1.84. The van der Waals surface area contributed by atoms with Crippen molar-refractivity contribution in [3.63, 3.8) is 0 Å². The lowest BCUT2D eigenvalue weighted by Gasteiger charge is -2.07. The smallest absolute Gasteiger partial charge is 0.0330 e. The summed E-state index contributed by atoms with van der Waals surface area (Å²) in [4.78, 5) is 0. The Balaban J connectivity index is 2.32. The van der Waals surface area contributed by atoms with Crippen LogP contribution in [0.5, 0.6) is 0 Å². The van der Waals surface area contributed by atoms with E-state index in [9.17, 15) is 0 Å². The third-order valence-electron chi connectivity index (χ3n) is 1.19. The lowest BCUT2D eigenvalue weighted by molar-refractivity contribution is 1.01. The summed E-state index contributed by atoms with van der Waals surface area (Å²) in [5.41, 5.74) is 1.34. The van der Waals surface area contributed by atoms with Gasteiger partial charge in [0.15, 0.2) is 0 Å². The van der Waals surface area contributed by atoms with E-state index in [1.54, 1.807) is 0 Å². The van der Waals surface area contributed by atoms with Crippen molar-refractivity contribution in [1.29, 1.82) is 0 Å². The molecule has 0 aliphatic carbocycles. The van der Waals surface area contributed by atoms with Gasteiger partial charge in [-0.05, 0) is 18.9 Å². The molecule has 0 aromatic rings. The number of hydrogen-bond acceptors (Lipinski definition) is 2. The number of nitrogens with one attached hydrogen (secondary N) is 1. The van der Waals surface area contributed by atoms with Crippen molar-refractivity contribution in [2.45, 2.75) is 6.42 Å². The van der Waals surface area contributed by atoms with E-state index >= 15 is 0 Å². The molecule has 1 aliphatic heterocycles. The molecule has 9 heavy (non-hydrogen) atoms. The van der Waals surface area contributed by atoms with Crippen LogP contribution in [-0.4, -0.2) is 12.0 Å². The quantitative estimate of drug-likeness (QED) is 0.628. The number of dihydropyridines is 1. The lowest BCUT2D eigenvalue weighted by Crippen LogP contribution is -2.09. The van der Waals surface area contributed by atoms with Crippen LogP contribution < -0.4 is 5.32 Å². The summed E-state index contributed by atoms with van der Waals surface area (Å²) in [6.07, 6.45) is 9.54. The first-order chi connectivity index (χ1) is 4.43. The molecule has 1 heterocycles. The van der Waals surface area contributed by atoms with E-state index in [0.717, 1.165) is 12.2 Å². The molecule has 2 heteroatoms. The molecule has 1 aliphatic rings. The van der Waals surface area contributed by atoms with Gasteiger partial charge < -0.3 is 5.32 Å². The van der Waals surface area contributed by atoms with Crippen LogP contribution >= 0.6 is 11.8 Å². The third-order valence-corrected chi connectivity index (χ3v) is 1.79. The van der Waals surface area contributed by atoms with Gasteiger partial charge in [0, 0.05) is 11.4 Å². The molecule has 0 saturated carbocycles. The Morgan fingerprint density at radius 3 is 3.22 bits per heavy atom. The Morgan fingerprint density at radius 1 is 1.78 bits per heavy atom. The van der Waals surface area contributed by atoms with Gasteiger partial charge in [0.05, 0.1) is 0 Å². The standard InChI is InChI=1S/C7H11NS/c1-9-6-7-4-2-3-5-8-7/h3-5,8H,2,6H2,1H3. The van der Waals surface area contributed by atoms with Gasteiger partial charge in [-0.15, -0.1) is 0 Å². The van der Waals surface area contributed by atoms with Gasteiger partial charge in [-0.25, -0.2) is 0 Å². The van der Waals surface area contributed by atoms with E-state index in [2.05, 4.69) is 23.7 Å². The SMILES string of the molecule is CSCC1=CCC=CN1. The molecule has 0 aromatic heterocycles. The number of allylic oxidation sites excluding steroid dienone is 2. The van der Waals surface area contributed by atoms with Crippen molar-refractivity contribution >= 4 is 11.8 Å². The van der Waals surface area contributed by atoms with Crippen molar-refractivity contribution in [2.24, 2.45) is 0 Å². The topological polar surface area (TPSA) is 12.0 Å². The van der Waals surface area contributed by atoms with Crippen molar-refractivity contribution in [1.82, 2.24) is 5.32 Å². The fourth-order valence-corrected chi connectivity index (χ4v) is 1.27. The Labute approximate surface area is 60.2 Å². The van der Waals surface area contributed by atoms with E-state index in [1.165, 1.54) is 5.70 Å². The van der Waals surface area contributed by atoms with Crippen molar-refractivity contribution in [2.75, 3.05) is 12.0 Å². The van der Waals surface area contributed by atoms with Gasteiger partial charge in [-0.3, -0.25) is 0 Å². The minimum Gasteiger partial charge on any atom is -0.365 e. The summed E-state index contributed by atoms with van der Waals surface area (Å²) in [5, 5.41) is 3.18. The van der Waals surface area contributed by atoms with Crippen LogP contribution in [0.2, 0.25) is 0 Å². The van der Waals surface area contributed by atoms with Crippen LogP contribution in [0.1, 0.15) is 6.42 Å². The van der Waals surface area contributed by atoms with Crippen molar-refractivity contribution in [3.8, 4) is 0 Å². The third kappa shape index (κ3) is 2.14. The van der Waals surface area contributed by atoms with Crippen LogP contribution in [-0.2, 0) is 0 Å². The van der Waals surface area contributed by atoms with Gasteiger partial charge in [-0.1, -0.05) is 12.2 Å². The normalized spacial score (nSPS) is 16.8. The van der Waals surface area contributed by atoms with E-state index in [1.807, 2.05) is 18.0 Å². The Bertz CT molecular complexity index is 138. The average molecular weight is 141 g/mol. The van der Waals surface area contributed by atoms with Crippen LogP contribution in [0.15, 0.2) is 24.0 Å². The number of hydrogen-bond donors (Lipinski definition) is 1. The maximum atomic E-state index is 3.18. The zero-order valence-corrected chi connectivity index (χ0v) is 6.37. The first-order valence-electron chi connectivity index (χ1n) is 3.03. The van der Waals surface area contributed by atoms with Crippen LogP contribution in [0.25, 0.3) is 0 Å². The van der Waals surface area contributed by atoms with Crippen molar-refractivity contribution in [3.05, 3.63) is 24.0 Å². The molecule has 1 nitrogen and oxygen atoms in total. The molecule has 0 saturated heterocycles. The van der Waals surface area contributed by atoms with Gasteiger partial charge in [0.1, 0.15) is 0 Å². The van der Waals surface area contributed by atoms with Crippen LogP contribution in [0.3, 0.4) is 0 Å². The molecule has 1 N–H and O–H groups in total. The maximum absolute atomic E-state index is 3.18. The minimum atomic E-state index is 1.09. The van der Waals surface area contributed by atoms with E-state index in [-0.39, 0.29) is 0 Å². The lowest BCUT2D eigenvalue weighted by atomic mass is 10.3. The first-order valence-corrected chi connectivity index (χ1v) is 4.42. The first kappa shape index (κ1) is 6.75. The van der Waals surface area contributed by atoms with E-state index < -0.39 is 0 Å². The predicted octanol–water partition coefficient (Wildman–Crippen LogP) is 1.74. The zero-order chi connectivity index (χ0) is 6.53. The summed E-state index contributed by atoms with van der Waals surface area (Å²) in [6.45, 7) is 0. The molecule has 0 radical (unpaired) electrons. The number of rotatable bonds is 2. The van der Waals surface area contributed by atoms with E-state index in [4.69, 9.17) is 0 Å². The van der Waals surface area contributed by atoms with Gasteiger partial charge in [0.2, 0.25) is 0 Å². The molecule has 0 amide bonds. The Kier molecular flexibility index (Phi) is 2.71. The molecule has 1 rings (SSSR count). The predicted molar refractivity (Wildman–Crippen MR) is 43.4 cm³/mol. The highest BCUT2D eigenvalue weighted by Gasteiger charge is 1.93. The number of thioether (sulfide) groups is 1. The maximum Gasteiger partial charge on any atom is 0.0330 e. The highest BCUT2D eigenvalue weighted by Crippen LogP contribution is 2.05. The second-order valence-electron chi connectivity index (χ2n) is 1.94. The van der Waals surface area contributed by atoms with Crippen LogP contribution in [0.4, 0.5) is 0 Å². The molecule has 0 atom stereocenters. The highest BCUT2D eigenvalue weighted by molar-refractivity contribution is 7.98. The fraction of sp³-hybridized carbons (Fsp3) is 0.429. The van der Waals surface area contributed by atoms with E-state index in [0.29, 0.717) is 0 Å². The average Bonchev–Trinajstić information content (AvgIpc) is 1.91. The summed E-state index contributed by atoms with van der Waals surface area (Å²) in [7, 11) is 0. The molecule has 0 spiro atoms. The van der Waals surface area contributed by atoms with Gasteiger partial charge in [-0.2, -0.15) is 11.8 Å².